The normalized spacial score (nSPS) is 22.4. The Bertz CT molecular complexity index is 1180. The molecule has 2 aliphatic carbocycles. The van der Waals surface area contributed by atoms with Crippen molar-refractivity contribution in [2.24, 2.45) is 0 Å². The molecule has 0 aromatic heterocycles. The van der Waals surface area contributed by atoms with Crippen LogP contribution in [0.2, 0.25) is 0 Å². The van der Waals surface area contributed by atoms with E-state index in [2.05, 4.69) is 22.8 Å². The number of nitrogens with one attached hydrogen (secondary N) is 2. The largest absolute Gasteiger partial charge is 0.508 e. The van der Waals surface area contributed by atoms with Crippen LogP contribution in [0.15, 0.2) is 42.2 Å². The lowest BCUT2D eigenvalue weighted by Crippen LogP contribution is -2.19. The molecule has 0 fully saturated rings. The zero-order valence-electron chi connectivity index (χ0n) is 17.1. The summed E-state index contributed by atoms with van der Waals surface area (Å²) in [4.78, 5) is 12.9. The van der Waals surface area contributed by atoms with E-state index in [-0.39, 0.29) is 29.7 Å². The predicted octanol–water partition coefficient (Wildman–Crippen LogP) is 4.37. The Labute approximate surface area is 175 Å². The molecule has 2 aromatic rings. The number of carbonyl (C=O) groups is 1. The molecular weight excluding hydrogens is 376 g/mol. The average molecular weight is 400 g/mol. The second-order valence-electron chi connectivity index (χ2n) is 8.81. The number of hydrogen-bond donors (Lipinski definition) is 3. The Balaban J connectivity index is 1.58. The maximum absolute atomic E-state index is 12.9. The van der Waals surface area contributed by atoms with E-state index in [1.54, 1.807) is 6.08 Å². The molecule has 2 aromatic carbocycles. The number of aryl methyl sites for hydroxylation is 1. The van der Waals surface area contributed by atoms with Crippen molar-refractivity contribution in [1.82, 2.24) is 5.32 Å². The Morgan fingerprint density at radius 1 is 1.17 bits per heavy atom. The molecule has 1 amide bonds. The molecule has 30 heavy (non-hydrogen) atoms. The molecule has 2 heterocycles. The van der Waals surface area contributed by atoms with Gasteiger partial charge in [-0.3, -0.25) is 4.79 Å². The van der Waals surface area contributed by atoms with E-state index in [0.717, 1.165) is 46.5 Å². The minimum Gasteiger partial charge on any atom is -0.508 e. The summed E-state index contributed by atoms with van der Waals surface area (Å²) in [6, 6.07) is 6.36. The van der Waals surface area contributed by atoms with E-state index in [0.29, 0.717) is 6.54 Å². The molecule has 0 bridgehead atoms. The SMILES string of the molecule is CC(C)Oc1ccc2c(c1)CCc1c3c(c4c(c1-2)C(=O)NC4)C1C=C(O)C=CC1N3. The Kier molecular flexibility index (Phi) is 3.61. The molecule has 5 heteroatoms. The number of carbonyl (C=O) groups excluding carboxylic acids is 1. The first-order valence-corrected chi connectivity index (χ1v) is 10.7. The van der Waals surface area contributed by atoms with Gasteiger partial charge in [-0.25, -0.2) is 0 Å². The van der Waals surface area contributed by atoms with Crippen molar-refractivity contribution in [3.05, 3.63) is 70.0 Å². The summed E-state index contributed by atoms with van der Waals surface area (Å²) in [6.45, 7) is 4.60. The summed E-state index contributed by atoms with van der Waals surface area (Å²) < 4.78 is 5.90. The van der Waals surface area contributed by atoms with Crippen LogP contribution in [-0.4, -0.2) is 23.2 Å². The second kappa shape index (κ2) is 6.14. The molecular formula is C25H24N2O3. The molecule has 2 unspecified atom stereocenters. The molecule has 0 saturated carbocycles. The molecule has 3 N–H and O–H groups in total. The molecule has 4 aliphatic rings. The van der Waals surface area contributed by atoms with Gasteiger partial charge in [0.25, 0.3) is 5.91 Å². The van der Waals surface area contributed by atoms with E-state index in [9.17, 15) is 9.90 Å². The number of aliphatic hydroxyl groups excluding tert-OH is 1. The fourth-order valence-electron chi connectivity index (χ4n) is 5.50. The maximum atomic E-state index is 12.9. The van der Waals surface area contributed by atoms with Crippen LogP contribution in [0.4, 0.5) is 5.69 Å². The molecule has 0 saturated heterocycles. The summed E-state index contributed by atoms with van der Waals surface area (Å²) in [5, 5.41) is 16.8. The van der Waals surface area contributed by atoms with Gasteiger partial charge in [-0.1, -0.05) is 12.1 Å². The number of anilines is 1. The monoisotopic (exact) mass is 400 g/mol. The summed E-state index contributed by atoms with van der Waals surface area (Å²) in [6.07, 6.45) is 7.60. The smallest absolute Gasteiger partial charge is 0.252 e. The van der Waals surface area contributed by atoms with Crippen LogP contribution in [0.5, 0.6) is 5.75 Å². The number of allylic oxidation sites excluding steroid dienone is 1. The van der Waals surface area contributed by atoms with Crippen LogP contribution < -0.4 is 15.4 Å². The quantitative estimate of drug-likeness (QED) is 0.700. The number of rotatable bonds is 2. The van der Waals surface area contributed by atoms with Crippen LogP contribution in [-0.2, 0) is 19.4 Å². The maximum Gasteiger partial charge on any atom is 0.252 e. The van der Waals surface area contributed by atoms with Gasteiger partial charge in [-0.05, 0) is 78.8 Å². The summed E-state index contributed by atoms with van der Waals surface area (Å²) in [5.41, 5.74) is 8.87. The van der Waals surface area contributed by atoms with E-state index < -0.39 is 0 Å². The third-order valence-electron chi connectivity index (χ3n) is 6.62. The number of benzene rings is 2. The van der Waals surface area contributed by atoms with Gasteiger partial charge in [-0.2, -0.15) is 0 Å². The zero-order chi connectivity index (χ0) is 20.6. The number of fused-ring (bicyclic) bond motifs is 10. The number of amides is 1. The third-order valence-corrected chi connectivity index (χ3v) is 6.62. The van der Waals surface area contributed by atoms with Crippen LogP contribution in [0.3, 0.4) is 0 Å². The summed E-state index contributed by atoms with van der Waals surface area (Å²) in [5.74, 6) is 1.23. The Hall–Kier alpha value is -3.21. The van der Waals surface area contributed by atoms with Crippen molar-refractivity contribution in [2.45, 2.75) is 51.3 Å². The zero-order valence-corrected chi connectivity index (χ0v) is 17.1. The Morgan fingerprint density at radius 2 is 2.03 bits per heavy atom. The van der Waals surface area contributed by atoms with Gasteiger partial charge < -0.3 is 20.5 Å². The number of ether oxygens (including phenoxy) is 1. The van der Waals surface area contributed by atoms with Gasteiger partial charge in [0.15, 0.2) is 0 Å². The van der Waals surface area contributed by atoms with Crippen molar-refractivity contribution in [2.75, 3.05) is 5.32 Å². The molecule has 2 aliphatic heterocycles. The van der Waals surface area contributed by atoms with Crippen LogP contribution >= 0.6 is 0 Å². The fourth-order valence-corrected chi connectivity index (χ4v) is 5.50. The predicted molar refractivity (Wildman–Crippen MR) is 116 cm³/mol. The molecule has 6 rings (SSSR count). The van der Waals surface area contributed by atoms with Gasteiger partial charge in [0, 0.05) is 23.7 Å². The van der Waals surface area contributed by atoms with Crippen LogP contribution in [0.25, 0.3) is 11.1 Å². The second-order valence-corrected chi connectivity index (χ2v) is 8.81. The van der Waals surface area contributed by atoms with Gasteiger partial charge in [0.05, 0.1) is 17.7 Å². The fraction of sp³-hybridized carbons (Fsp3) is 0.320. The highest BCUT2D eigenvalue weighted by atomic mass is 16.5. The Morgan fingerprint density at radius 3 is 2.87 bits per heavy atom. The highest BCUT2D eigenvalue weighted by Crippen LogP contribution is 2.52. The van der Waals surface area contributed by atoms with Crippen molar-refractivity contribution >= 4 is 11.6 Å². The lowest BCUT2D eigenvalue weighted by molar-refractivity contribution is 0.0966. The highest BCUT2D eigenvalue weighted by molar-refractivity contribution is 6.08. The van der Waals surface area contributed by atoms with Crippen LogP contribution in [0, 0.1) is 0 Å². The van der Waals surface area contributed by atoms with E-state index in [4.69, 9.17) is 4.74 Å². The van der Waals surface area contributed by atoms with E-state index in [1.165, 1.54) is 16.7 Å². The minimum absolute atomic E-state index is 0.00223. The minimum atomic E-state index is 0.00223. The molecule has 0 radical (unpaired) electrons. The van der Waals surface area contributed by atoms with Gasteiger partial charge in [0.1, 0.15) is 11.5 Å². The topological polar surface area (TPSA) is 70.6 Å². The molecule has 2 atom stereocenters. The van der Waals surface area contributed by atoms with Crippen molar-refractivity contribution < 1.29 is 14.6 Å². The lowest BCUT2D eigenvalue weighted by atomic mass is 9.77. The van der Waals surface area contributed by atoms with Crippen molar-refractivity contribution in [3.8, 4) is 16.9 Å². The summed E-state index contributed by atoms with van der Waals surface area (Å²) >= 11 is 0. The van der Waals surface area contributed by atoms with Crippen molar-refractivity contribution in [1.29, 1.82) is 0 Å². The summed E-state index contributed by atoms with van der Waals surface area (Å²) in [7, 11) is 0. The van der Waals surface area contributed by atoms with Gasteiger partial charge in [0.2, 0.25) is 0 Å². The van der Waals surface area contributed by atoms with Gasteiger partial charge in [-0.15, -0.1) is 0 Å². The van der Waals surface area contributed by atoms with Crippen LogP contribution in [0.1, 0.15) is 52.4 Å². The average Bonchev–Trinajstić information content (AvgIpc) is 3.27. The van der Waals surface area contributed by atoms with E-state index >= 15 is 0 Å². The standard InChI is InChI=1S/C25H24N2O3/c1-12(2)30-15-5-7-16-13(9-15)3-6-17-21(16)23-19(11-26-25(23)29)22-18-10-14(28)4-8-20(18)27-24(17)22/h4-5,7-10,12,18,20,27-28H,3,6,11H2,1-2H3,(H,26,29). The first-order chi connectivity index (χ1) is 14.5. The first kappa shape index (κ1) is 17.6. The molecule has 0 spiro atoms. The first-order valence-electron chi connectivity index (χ1n) is 10.7. The third kappa shape index (κ3) is 2.38. The van der Waals surface area contributed by atoms with Crippen molar-refractivity contribution in [3.63, 3.8) is 0 Å². The van der Waals surface area contributed by atoms with Gasteiger partial charge >= 0.3 is 0 Å². The number of hydrogen-bond acceptors (Lipinski definition) is 4. The van der Waals surface area contributed by atoms with E-state index in [1.807, 2.05) is 32.1 Å². The highest BCUT2D eigenvalue weighted by Gasteiger charge is 2.41. The molecule has 152 valence electrons. The number of aliphatic hydroxyl groups is 1. The lowest BCUT2D eigenvalue weighted by Gasteiger charge is -2.26. The molecule has 5 nitrogen and oxygen atoms in total.